The highest BCUT2D eigenvalue weighted by Gasteiger charge is 2.29. The first-order chi connectivity index (χ1) is 9.73. The van der Waals surface area contributed by atoms with Gasteiger partial charge in [-0.3, -0.25) is 4.79 Å². The van der Waals surface area contributed by atoms with E-state index in [4.69, 9.17) is 5.73 Å². The van der Waals surface area contributed by atoms with Crippen LogP contribution in [0, 0.1) is 5.92 Å². The van der Waals surface area contributed by atoms with Gasteiger partial charge in [0.1, 0.15) is 0 Å². The molecule has 0 heterocycles. The maximum Gasteiger partial charge on any atom is 0.237 e. The number of nitrogens with one attached hydrogen (secondary N) is 1. The van der Waals surface area contributed by atoms with Crippen molar-refractivity contribution in [2.45, 2.75) is 78.3 Å². The van der Waals surface area contributed by atoms with Crippen LogP contribution >= 0.6 is 0 Å². The third-order valence-corrected chi connectivity index (χ3v) is 4.31. The summed E-state index contributed by atoms with van der Waals surface area (Å²) in [5, 5.41) is 3.29. The van der Waals surface area contributed by atoms with Gasteiger partial charge in [0.05, 0.1) is 5.54 Å². The van der Waals surface area contributed by atoms with E-state index >= 15 is 0 Å². The second-order valence-electron chi connectivity index (χ2n) is 7.04. The lowest BCUT2D eigenvalue weighted by atomic mass is 9.93. The number of amides is 1. The number of hydrogen-bond acceptors (Lipinski definition) is 3. The average Bonchev–Trinajstić information content (AvgIpc) is 2.40. The summed E-state index contributed by atoms with van der Waals surface area (Å²) < 4.78 is 0. The van der Waals surface area contributed by atoms with Crippen molar-refractivity contribution in [3.63, 3.8) is 0 Å². The Morgan fingerprint density at radius 1 is 1.29 bits per heavy atom. The maximum absolute atomic E-state index is 11.6. The van der Waals surface area contributed by atoms with Crippen molar-refractivity contribution in [2.75, 3.05) is 20.1 Å². The molecule has 2 atom stereocenters. The number of rotatable bonds is 12. The SMILES string of the molecule is CCCNC(C)(CCCCN(C)C(C)CC(C)C)C(N)=O. The standard InChI is InChI=1S/C17H37N3O/c1-7-11-19-17(5,16(18)21)10-8-9-12-20(6)15(4)13-14(2)3/h14-15,19H,7-13H2,1-6H3,(H2,18,21). The molecule has 0 aliphatic carbocycles. The van der Waals surface area contributed by atoms with Crippen LogP contribution in [0.3, 0.4) is 0 Å². The van der Waals surface area contributed by atoms with E-state index in [1.54, 1.807) is 0 Å². The van der Waals surface area contributed by atoms with Crippen molar-refractivity contribution in [2.24, 2.45) is 11.7 Å². The topological polar surface area (TPSA) is 58.4 Å². The second kappa shape index (κ2) is 10.2. The number of carbonyl (C=O) groups is 1. The van der Waals surface area contributed by atoms with Gasteiger partial charge >= 0.3 is 0 Å². The predicted octanol–water partition coefficient (Wildman–Crippen LogP) is 2.77. The molecule has 0 aromatic heterocycles. The van der Waals surface area contributed by atoms with E-state index in [9.17, 15) is 4.79 Å². The highest BCUT2D eigenvalue weighted by Crippen LogP contribution is 2.15. The molecule has 0 aliphatic heterocycles. The Balaban J connectivity index is 4.07. The average molecular weight is 300 g/mol. The molecule has 1 amide bonds. The number of nitrogens with two attached hydrogens (primary N) is 1. The van der Waals surface area contributed by atoms with Gasteiger partial charge < -0.3 is 16.0 Å². The number of unbranched alkanes of at least 4 members (excludes halogenated alkanes) is 1. The van der Waals surface area contributed by atoms with E-state index in [-0.39, 0.29) is 5.91 Å². The Bertz CT molecular complexity index is 294. The number of carbonyl (C=O) groups excluding carboxylic acids is 1. The highest BCUT2D eigenvalue weighted by molar-refractivity contribution is 5.84. The summed E-state index contributed by atoms with van der Waals surface area (Å²) in [6.45, 7) is 12.8. The Kier molecular flexibility index (Phi) is 9.88. The fourth-order valence-corrected chi connectivity index (χ4v) is 2.62. The molecule has 126 valence electrons. The first-order valence-electron chi connectivity index (χ1n) is 8.48. The second-order valence-corrected chi connectivity index (χ2v) is 7.04. The zero-order valence-corrected chi connectivity index (χ0v) is 15.0. The summed E-state index contributed by atoms with van der Waals surface area (Å²) in [5.74, 6) is 0.497. The third-order valence-electron chi connectivity index (χ3n) is 4.31. The van der Waals surface area contributed by atoms with Crippen LogP contribution in [0.2, 0.25) is 0 Å². The van der Waals surface area contributed by atoms with E-state index in [2.05, 4.69) is 45.0 Å². The molecule has 0 bridgehead atoms. The molecule has 21 heavy (non-hydrogen) atoms. The molecular formula is C17H37N3O. The molecule has 4 heteroatoms. The number of nitrogens with zero attached hydrogens (tertiary/aromatic N) is 1. The lowest BCUT2D eigenvalue weighted by Crippen LogP contribution is -2.53. The Labute approximate surface area is 131 Å². The fourth-order valence-electron chi connectivity index (χ4n) is 2.62. The molecule has 0 aromatic rings. The minimum Gasteiger partial charge on any atom is -0.368 e. The zero-order chi connectivity index (χ0) is 16.5. The zero-order valence-electron chi connectivity index (χ0n) is 15.0. The van der Waals surface area contributed by atoms with Crippen LogP contribution in [0.15, 0.2) is 0 Å². The Hall–Kier alpha value is -0.610. The number of primary amides is 1. The molecule has 0 aromatic carbocycles. The van der Waals surface area contributed by atoms with Crippen LogP contribution in [-0.2, 0) is 4.79 Å². The van der Waals surface area contributed by atoms with Crippen LogP contribution in [0.25, 0.3) is 0 Å². The molecule has 0 fully saturated rings. The highest BCUT2D eigenvalue weighted by atomic mass is 16.1. The van der Waals surface area contributed by atoms with Gasteiger partial charge in [-0.05, 0) is 72.0 Å². The third kappa shape index (κ3) is 8.42. The van der Waals surface area contributed by atoms with Crippen molar-refractivity contribution < 1.29 is 4.79 Å². The summed E-state index contributed by atoms with van der Waals surface area (Å²) in [6, 6.07) is 0.616. The van der Waals surface area contributed by atoms with Crippen molar-refractivity contribution in [3.8, 4) is 0 Å². The number of hydrogen-bond donors (Lipinski definition) is 2. The van der Waals surface area contributed by atoms with Crippen LogP contribution in [-0.4, -0.2) is 42.5 Å². The summed E-state index contributed by atoms with van der Waals surface area (Å²) in [5.41, 5.74) is 4.99. The predicted molar refractivity (Wildman–Crippen MR) is 91.3 cm³/mol. The summed E-state index contributed by atoms with van der Waals surface area (Å²) >= 11 is 0. The van der Waals surface area contributed by atoms with Gasteiger partial charge in [0.25, 0.3) is 0 Å². The lowest BCUT2D eigenvalue weighted by molar-refractivity contribution is -0.124. The van der Waals surface area contributed by atoms with Crippen LogP contribution < -0.4 is 11.1 Å². The van der Waals surface area contributed by atoms with Gasteiger partial charge in [0.15, 0.2) is 0 Å². The molecule has 0 aliphatic rings. The first kappa shape index (κ1) is 20.4. The van der Waals surface area contributed by atoms with Crippen LogP contribution in [0.1, 0.15) is 66.7 Å². The maximum atomic E-state index is 11.6. The molecule has 0 radical (unpaired) electrons. The summed E-state index contributed by atoms with van der Waals surface area (Å²) in [6.07, 6.45) is 5.19. The van der Waals surface area contributed by atoms with E-state index in [0.717, 1.165) is 44.7 Å². The minimum absolute atomic E-state index is 0.238. The quantitative estimate of drug-likeness (QED) is 0.545. The molecule has 0 saturated carbocycles. The van der Waals surface area contributed by atoms with E-state index < -0.39 is 5.54 Å². The summed E-state index contributed by atoms with van der Waals surface area (Å²) in [4.78, 5) is 14.1. The van der Waals surface area contributed by atoms with E-state index in [1.807, 2.05) is 6.92 Å². The summed E-state index contributed by atoms with van der Waals surface area (Å²) in [7, 11) is 2.19. The van der Waals surface area contributed by atoms with Crippen molar-refractivity contribution >= 4 is 5.91 Å². The lowest BCUT2D eigenvalue weighted by Gasteiger charge is -2.29. The minimum atomic E-state index is -0.557. The van der Waals surface area contributed by atoms with Gasteiger partial charge in [0, 0.05) is 6.04 Å². The van der Waals surface area contributed by atoms with E-state index in [0.29, 0.717) is 6.04 Å². The normalized spacial score (nSPS) is 16.2. The molecule has 0 saturated heterocycles. The molecule has 2 unspecified atom stereocenters. The van der Waals surface area contributed by atoms with Gasteiger partial charge in [-0.1, -0.05) is 20.8 Å². The molecule has 0 spiro atoms. The molecule has 4 nitrogen and oxygen atoms in total. The van der Waals surface area contributed by atoms with Crippen LogP contribution in [0.5, 0.6) is 0 Å². The molecular weight excluding hydrogens is 262 g/mol. The van der Waals surface area contributed by atoms with E-state index in [1.165, 1.54) is 6.42 Å². The van der Waals surface area contributed by atoms with Gasteiger partial charge in [-0.15, -0.1) is 0 Å². The van der Waals surface area contributed by atoms with Crippen molar-refractivity contribution in [1.29, 1.82) is 0 Å². The van der Waals surface area contributed by atoms with Crippen LogP contribution in [0.4, 0.5) is 0 Å². The fraction of sp³-hybridized carbons (Fsp3) is 0.941. The molecule has 0 rings (SSSR count). The van der Waals surface area contributed by atoms with Gasteiger partial charge in [-0.2, -0.15) is 0 Å². The van der Waals surface area contributed by atoms with Gasteiger partial charge in [0.2, 0.25) is 5.91 Å². The Morgan fingerprint density at radius 2 is 1.90 bits per heavy atom. The van der Waals surface area contributed by atoms with Crippen molar-refractivity contribution in [3.05, 3.63) is 0 Å². The smallest absolute Gasteiger partial charge is 0.237 e. The van der Waals surface area contributed by atoms with Crippen molar-refractivity contribution in [1.82, 2.24) is 10.2 Å². The monoisotopic (exact) mass is 299 g/mol. The first-order valence-corrected chi connectivity index (χ1v) is 8.48. The Morgan fingerprint density at radius 3 is 2.38 bits per heavy atom. The largest absolute Gasteiger partial charge is 0.368 e. The molecule has 3 N–H and O–H groups in total. The van der Waals surface area contributed by atoms with Gasteiger partial charge in [-0.25, -0.2) is 0 Å².